The number of rotatable bonds is 5. The van der Waals surface area contributed by atoms with Gasteiger partial charge in [0.05, 0.1) is 6.26 Å². The van der Waals surface area contributed by atoms with E-state index in [9.17, 15) is 9.90 Å². The molecule has 1 fully saturated rings. The molecule has 1 heterocycles. The highest BCUT2D eigenvalue weighted by Gasteiger charge is 2.15. The number of carbonyl (C=O) groups is 1. The average molecular weight is 259 g/mol. The first kappa shape index (κ1) is 13.8. The molecule has 1 N–H and O–H groups in total. The third-order valence-electron chi connectivity index (χ3n) is 3.63. The fourth-order valence-corrected chi connectivity index (χ4v) is 2.47. The highest BCUT2D eigenvalue weighted by atomic mass is 16.2. The molecule has 1 aromatic carbocycles. The van der Waals surface area contributed by atoms with Crippen LogP contribution in [0.2, 0.25) is 0 Å². The van der Waals surface area contributed by atoms with Crippen molar-refractivity contribution in [3.8, 4) is 0 Å². The highest BCUT2D eigenvalue weighted by molar-refractivity contribution is 6.08. The monoisotopic (exact) mass is 259 g/mol. The van der Waals surface area contributed by atoms with Gasteiger partial charge < -0.3 is 10.0 Å². The molecule has 0 atom stereocenters. The number of hydrogen-bond donors (Lipinski definition) is 1. The predicted molar refractivity (Wildman–Crippen MR) is 76.4 cm³/mol. The van der Waals surface area contributed by atoms with Crippen LogP contribution in [-0.2, 0) is 0 Å². The molecular weight excluding hydrogens is 238 g/mol. The second-order valence-electron chi connectivity index (χ2n) is 5.00. The standard InChI is InChI=1S/C16H21NO2/c18-13-15(9-12-17-10-5-2-6-11-17)16(19)14-7-3-1-4-8-14/h1,3-4,7-8,13,18H,2,5-6,9-12H2/b15-13+. The largest absolute Gasteiger partial charge is 0.515 e. The molecule has 0 amide bonds. The average Bonchev–Trinajstić information content (AvgIpc) is 2.49. The molecule has 2 rings (SSSR count). The molecule has 3 nitrogen and oxygen atoms in total. The Hall–Kier alpha value is -1.61. The van der Waals surface area contributed by atoms with Crippen LogP contribution in [0, 0.1) is 0 Å². The molecule has 3 heteroatoms. The fraction of sp³-hybridized carbons (Fsp3) is 0.438. The zero-order chi connectivity index (χ0) is 13.5. The first-order valence-corrected chi connectivity index (χ1v) is 6.96. The van der Waals surface area contributed by atoms with Crippen molar-refractivity contribution in [1.29, 1.82) is 0 Å². The summed E-state index contributed by atoms with van der Waals surface area (Å²) in [7, 11) is 0. The fourth-order valence-electron chi connectivity index (χ4n) is 2.47. The second kappa shape index (κ2) is 7.10. The summed E-state index contributed by atoms with van der Waals surface area (Å²) in [4.78, 5) is 14.6. The van der Waals surface area contributed by atoms with Gasteiger partial charge in [-0.1, -0.05) is 36.8 Å². The minimum Gasteiger partial charge on any atom is -0.515 e. The quantitative estimate of drug-likeness (QED) is 0.501. The summed E-state index contributed by atoms with van der Waals surface area (Å²) in [5.41, 5.74) is 1.14. The molecule has 1 aliphatic heterocycles. The Morgan fingerprint density at radius 2 is 1.84 bits per heavy atom. The lowest BCUT2D eigenvalue weighted by Crippen LogP contribution is -2.31. The van der Waals surface area contributed by atoms with E-state index in [0.717, 1.165) is 25.9 Å². The zero-order valence-corrected chi connectivity index (χ0v) is 11.2. The number of aliphatic hydroxyl groups is 1. The minimum atomic E-state index is -0.0693. The number of nitrogens with zero attached hydrogens (tertiary/aromatic N) is 1. The van der Waals surface area contributed by atoms with Crippen molar-refractivity contribution >= 4 is 5.78 Å². The van der Waals surface area contributed by atoms with E-state index >= 15 is 0 Å². The molecule has 1 saturated heterocycles. The molecular formula is C16H21NO2. The Balaban J connectivity index is 1.91. The SMILES string of the molecule is O=C(/C(=C/O)CCN1CCCCC1)c1ccccc1. The molecule has 0 aliphatic carbocycles. The smallest absolute Gasteiger partial charge is 0.192 e. The molecule has 0 bridgehead atoms. The minimum absolute atomic E-state index is 0.0693. The second-order valence-corrected chi connectivity index (χ2v) is 5.00. The van der Waals surface area contributed by atoms with Gasteiger partial charge in [0.2, 0.25) is 0 Å². The van der Waals surface area contributed by atoms with E-state index < -0.39 is 0 Å². The molecule has 19 heavy (non-hydrogen) atoms. The van der Waals surface area contributed by atoms with Gasteiger partial charge >= 0.3 is 0 Å². The van der Waals surface area contributed by atoms with Gasteiger partial charge in [0.25, 0.3) is 0 Å². The molecule has 0 spiro atoms. The number of benzene rings is 1. The topological polar surface area (TPSA) is 40.5 Å². The Bertz CT molecular complexity index is 433. The van der Waals surface area contributed by atoms with Crippen LogP contribution < -0.4 is 0 Å². The zero-order valence-electron chi connectivity index (χ0n) is 11.2. The number of likely N-dealkylation sites (tertiary alicyclic amines) is 1. The number of Topliss-reactive ketones (excluding diaryl/α,β-unsaturated/α-hetero) is 1. The van der Waals surface area contributed by atoms with Crippen LogP contribution in [-0.4, -0.2) is 35.4 Å². The third-order valence-corrected chi connectivity index (χ3v) is 3.63. The van der Waals surface area contributed by atoms with Crippen molar-refractivity contribution in [2.45, 2.75) is 25.7 Å². The van der Waals surface area contributed by atoms with Crippen molar-refractivity contribution < 1.29 is 9.90 Å². The van der Waals surface area contributed by atoms with Gasteiger partial charge in [-0.3, -0.25) is 4.79 Å². The highest BCUT2D eigenvalue weighted by Crippen LogP contribution is 2.14. The van der Waals surface area contributed by atoms with Crippen molar-refractivity contribution in [2.75, 3.05) is 19.6 Å². The van der Waals surface area contributed by atoms with Crippen LogP contribution >= 0.6 is 0 Å². The Kier molecular flexibility index (Phi) is 5.16. The molecule has 102 valence electrons. The van der Waals surface area contributed by atoms with Crippen LogP contribution in [0.1, 0.15) is 36.0 Å². The lowest BCUT2D eigenvalue weighted by atomic mass is 10.0. The maximum atomic E-state index is 12.2. The Morgan fingerprint density at radius 3 is 2.47 bits per heavy atom. The number of ketones is 1. The van der Waals surface area contributed by atoms with E-state index in [1.165, 1.54) is 19.3 Å². The lowest BCUT2D eigenvalue weighted by Gasteiger charge is -2.26. The van der Waals surface area contributed by atoms with Gasteiger partial charge in [-0.05, 0) is 32.4 Å². The maximum absolute atomic E-state index is 12.2. The summed E-state index contributed by atoms with van der Waals surface area (Å²) in [5, 5.41) is 9.29. The van der Waals surface area contributed by atoms with Crippen LogP contribution in [0.25, 0.3) is 0 Å². The predicted octanol–water partition coefficient (Wildman–Crippen LogP) is 3.19. The lowest BCUT2D eigenvalue weighted by molar-refractivity contribution is 0.102. The first-order valence-electron chi connectivity index (χ1n) is 6.96. The molecule has 1 aromatic rings. The van der Waals surface area contributed by atoms with Gasteiger partial charge in [-0.25, -0.2) is 0 Å². The van der Waals surface area contributed by atoms with Crippen LogP contribution in [0.5, 0.6) is 0 Å². The van der Waals surface area contributed by atoms with Crippen LogP contribution in [0.15, 0.2) is 42.2 Å². The Morgan fingerprint density at radius 1 is 1.16 bits per heavy atom. The van der Waals surface area contributed by atoms with E-state index in [0.29, 0.717) is 17.6 Å². The summed E-state index contributed by atoms with van der Waals surface area (Å²) in [6.45, 7) is 3.07. The molecule has 0 aromatic heterocycles. The molecule has 1 aliphatic rings. The maximum Gasteiger partial charge on any atom is 0.192 e. The van der Waals surface area contributed by atoms with Crippen molar-refractivity contribution in [2.24, 2.45) is 0 Å². The van der Waals surface area contributed by atoms with Crippen molar-refractivity contribution in [3.63, 3.8) is 0 Å². The summed E-state index contributed by atoms with van der Waals surface area (Å²) < 4.78 is 0. The van der Waals surface area contributed by atoms with Crippen molar-refractivity contribution in [1.82, 2.24) is 4.90 Å². The van der Waals surface area contributed by atoms with Crippen LogP contribution in [0.4, 0.5) is 0 Å². The third kappa shape index (κ3) is 3.93. The molecule has 0 radical (unpaired) electrons. The first-order chi connectivity index (χ1) is 9.31. The van der Waals surface area contributed by atoms with E-state index in [-0.39, 0.29) is 5.78 Å². The summed E-state index contributed by atoms with van der Waals surface area (Å²) in [5.74, 6) is -0.0693. The van der Waals surface area contributed by atoms with Gasteiger partial charge in [0, 0.05) is 17.7 Å². The van der Waals surface area contributed by atoms with Gasteiger partial charge in [-0.2, -0.15) is 0 Å². The molecule has 0 unspecified atom stereocenters. The van der Waals surface area contributed by atoms with E-state index in [2.05, 4.69) is 4.90 Å². The van der Waals surface area contributed by atoms with Gasteiger partial charge in [0.1, 0.15) is 0 Å². The Labute approximate surface area is 114 Å². The van der Waals surface area contributed by atoms with Crippen LogP contribution in [0.3, 0.4) is 0 Å². The summed E-state index contributed by atoms with van der Waals surface area (Å²) in [6, 6.07) is 9.13. The summed E-state index contributed by atoms with van der Waals surface area (Å²) in [6.07, 6.45) is 5.38. The number of aliphatic hydroxyl groups excluding tert-OH is 1. The van der Waals surface area contributed by atoms with Gasteiger partial charge in [0.15, 0.2) is 5.78 Å². The molecule has 0 saturated carbocycles. The van der Waals surface area contributed by atoms with E-state index in [1.54, 1.807) is 12.1 Å². The number of piperidine rings is 1. The van der Waals surface area contributed by atoms with Gasteiger partial charge in [-0.15, -0.1) is 0 Å². The normalized spacial score (nSPS) is 17.4. The number of carbonyl (C=O) groups excluding carboxylic acids is 1. The van der Waals surface area contributed by atoms with E-state index in [4.69, 9.17) is 0 Å². The number of hydrogen-bond acceptors (Lipinski definition) is 3. The van der Waals surface area contributed by atoms with Crippen molar-refractivity contribution in [3.05, 3.63) is 47.7 Å². The summed E-state index contributed by atoms with van der Waals surface area (Å²) >= 11 is 0. The van der Waals surface area contributed by atoms with E-state index in [1.807, 2.05) is 18.2 Å².